The molecule has 0 aliphatic rings. The molecule has 1 heterocycles. The zero-order valence-electron chi connectivity index (χ0n) is 14.1. The third-order valence-electron chi connectivity index (χ3n) is 3.55. The van der Waals surface area contributed by atoms with E-state index in [2.05, 4.69) is 20.2 Å². The first kappa shape index (κ1) is 18.9. The van der Waals surface area contributed by atoms with Gasteiger partial charge in [-0.15, -0.1) is 4.83 Å². The molecule has 9 nitrogen and oxygen atoms in total. The summed E-state index contributed by atoms with van der Waals surface area (Å²) in [6.45, 7) is 4.64. The number of anilines is 3. The number of sulfonamides is 1. The Balaban J connectivity index is 2.19. The Labute approximate surface area is 146 Å². The Morgan fingerprint density at radius 2 is 1.92 bits per heavy atom. The molecule has 5 N–H and O–H groups in total. The van der Waals surface area contributed by atoms with Crippen molar-refractivity contribution in [1.29, 1.82) is 0 Å². The summed E-state index contributed by atoms with van der Waals surface area (Å²) in [7, 11) is -3.77. The van der Waals surface area contributed by atoms with Crippen molar-refractivity contribution in [2.45, 2.75) is 18.7 Å². The summed E-state index contributed by atoms with van der Waals surface area (Å²) in [5.74, 6) is 0.556. The van der Waals surface area contributed by atoms with Gasteiger partial charge in [-0.3, -0.25) is 5.43 Å². The maximum Gasteiger partial charge on any atom is 0.257 e. The van der Waals surface area contributed by atoms with Gasteiger partial charge in [-0.2, -0.15) is 0 Å². The van der Waals surface area contributed by atoms with E-state index in [-0.39, 0.29) is 23.0 Å². The number of hydrogen-bond donors (Lipinski definition) is 4. The fourth-order valence-corrected chi connectivity index (χ4v) is 3.01. The molecule has 1 aromatic heterocycles. The topological polar surface area (TPSA) is 133 Å². The first-order valence-corrected chi connectivity index (χ1v) is 9.18. The predicted molar refractivity (Wildman–Crippen MR) is 96.5 cm³/mol. The minimum Gasteiger partial charge on any atom is -0.395 e. The van der Waals surface area contributed by atoms with Crippen LogP contribution < -0.4 is 20.9 Å². The molecule has 0 spiro atoms. The lowest BCUT2D eigenvalue weighted by atomic mass is 10.2. The van der Waals surface area contributed by atoms with Crippen LogP contribution in [0.5, 0.6) is 0 Å². The molecule has 0 unspecified atom stereocenters. The molecule has 0 fully saturated rings. The summed E-state index contributed by atoms with van der Waals surface area (Å²) >= 11 is 0. The summed E-state index contributed by atoms with van der Waals surface area (Å²) in [6.07, 6.45) is 1.27. The first-order valence-electron chi connectivity index (χ1n) is 7.69. The third kappa shape index (κ3) is 4.56. The van der Waals surface area contributed by atoms with Crippen molar-refractivity contribution in [3.05, 3.63) is 36.2 Å². The minimum atomic E-state index is -3.77. The van der Waals surface area contributed by atoms with Gasteiger partial charge in [0.2, 0.25) is 0 Å². The molecule has 0 saturated heterocycles. The van der Waals surface area contributed by atoms with Crippen LogP contribution >= 0.6 is 0 Å². The molecule has 1 aromatic carbocycles. The van der Waals surface area contributed by atoms with Gasteiger partial charge in [0, 0.05) is 13.1 Å². The predicted octanol–water partition coefficient (Wildman–Crippen LogP) is 0.491. The molecule has 0 saturated carbocycles. The van der Waals surface area contributed by atoms with Gasteiger partial charge in [-0.25, -0.2) is 18.4 Å². The molecule has 0 atom stereocenters. The van der Waals surface area contributed by atoms with E-state index in [1.165, 1.54) is 18.5 Å². The molecule has 2 rings (SSSR count). The lowest BCUT2D eigenvalue weighted by Gasteiger charge is -2.23. The van der Waals surface area contributed by atoms with E-state index < -0.39 is 10.0 Å². The van der Waals surface area contributed by atoms with E-state index in [0.29, 0.717) is 18.9 Å². The zero-order chi connectivity index (χ0) is 18.4. The van der Waals surface area contributed by atoms with Crippen LogP contribution in [0.25, 0.3) is 0 Å². The van der Waals surface area contributed by atoms with Crippen LogP contribution in [0, 0.1) is 6.92 Å². The maximum absolute atomic E-state index is 12.3. The zero-order valence-corrected chi connectivity index (χ0v) is 14.9. The molecule has 2 aromatic rings. The second-order valence-corrected chi connectivity index (χ2v) is 6.99. The molecule has 0 amide bonds. The van der Waals surface area contributed by atoms with Crippen molar-refractivity contribution in [2.75, 3.05) is 35.8 Å². The molecular formula is C15H22N6O3S. The number of rotatable bonds is 8. The highest BCUT2D eigenvalue weighted by atomic mass is 32.2. The van der Waals surface area contributed by atoms with Crippen molar-refractivity contribution in [3.63, 3.8) is 0 Å². The van der Waals surface area contributed by atoms with Gasteiger partial charge in [-0.1, -0.05) is 17.7 Å². The molecule has 0 aliphatic carbocycles. The smallest absolute Gasteiger partial charge is 0.257 e. The summed E-state index contributed by atoms with van der Waals surface area (Å²) in [6, 6.07) is 6.43. The Bertz CT molecular complexity index is 811. The number of aromatic nitrogens is 2. The van der Waals surface area contributed by atoms with Gasteiger partial charge >= 0.3 is 0 Å². The van der Waals surface area contributed by atoms with Crippen molar-refractivity contribution >= 4 is 27.3 Å². The number of benzene rings is 1. The van der Waals surface area contributed by atoms with Crippen molar-refractivity contribution in [2.24, 2.45) is 0 Å². The number of aliphatic hydroxyl groups is 1. The average Bonchev–Trinajstić information content (AvgIpc) is 2.59. The van der Waals surface area contributed by atoms with E-state index in [4.69, 9.17) is 10.8 Å². The molecule has 0 radical (unpaired) electrons. The first-order chi connectivity index (χ1) is 11.9. The number of hydrogen-bond acceptors (Lipinski definition) is 8. The van der Waals surface area contributed by atoms with Gasteiger partial charge in [0.05, 0.1) is 11.5 Å². The Hall–Kier alpha value is -2.43. The lowest BCUT2D eigenvalue weighted by molar-refractivity contribution is 0.302. The normalized spacial score (nSPS) is 11.3. The van der Waals surface area contributed by atoms with Gasteiger partial charge in [-0.05, 0) is 26.0 Å². The second-order valence-electron chi connectivity index (χ2n) is 5.31. The third-order valence-corrected chi connectivity index (χ3v) is 4.81. The molecular weight excluding hydrogens is 344 g/mol. The van der Waals surface area contributed by atoms with Crippen molar-refractivity contribution in [1.82, 2.24) is 14.8 Å². The number of nitrogen functional groups attached to an aromatic ring is 1. The van der Waals surface area contributed by atoms with Gasteiger partial charge in [0.15, 0.2) is 11.6 Å². The summed E-state index contributed by atoms with van der Waals surface area (Å²) in [5.41, 5.74) is 9.70. The lowest BCUT2D eigenvalue weighted by Crippen LogP contribution is -2.32. The van der Waals surface area contributed by atoms with E-state index in [1.807, 2.05) is 13.8 Å². The van der Waals surface area contributed by atoms with Crippen LogP contribution in [0.1, 0.15) is 12.5 Å². The average molecular weight is 366 g/mol. The quantitative estimate of drug-likeness (QED) is 0.496. The van der Waals surface area contributed by atoms with Gasteiger partial charge < -0.3 is 15.7 Å². The fraction of sp³-hybridized carbons (Fsp3) is 0.333. The Morgan fingerprint density at radius 3 is 2.52 bits per heavy atom. The number of nitrogens with one attached hydrogen (secondary N) is 2. The highest BCUT2D eigenvalue weighted by Crippen LogP contribution is 2.25. The number of aryl methyl sites for hydroxylation is 1. The molecule has 0 aliphatic heterocycles. The van der Waals surface area contributed by atoms with E-state index in [0.717, 1.165) is 5.56 Å². The van der Waals surface area contributed by atoms with E-state index in [1.54, 1.807) is 17.0 Å². The van der Waals surface area contributed by atoms with Crippen molar-refractivity contribution in [3.8, 4) is 0 Å². The SMILES string of the molecule is CCN(CCO)c1ncnc(NNS(=O)(=O)c2ccc(C)cc2)c1N. The van der Waals surface area contributed by atoms with E-state index in [9.17, 15) is 8.42 Å². The molecule has 0 bridgehead atoms. The summed E-state index contributed by atoms with van der Waals surface area (Å²) < 4.78 is 24.6. The number of aliphatic hydroxyl groups excluding tert-OH is 1. The van der Waals surface area contributed by atoms with Gasteiger partial charge in [0.1, 0.15) is 12.0 Å². The standard InChI is InChI=1S/C15H22N6O3S/c1-3-21(8-9-22)15-13(16)14(17-10-18-15)19-20-25(23,24)12-6-4-11(2)5-7-12/h4-7,10,20,22H,3,8-9,16H2,1-2H3,(H,17,18,19). The van der Waals surface area contributed by atoms with Crippen molar-refractivity contribution < 1.29 is 13.5 Å². The van der Waals surface area contributed by atoms with Crippen LogP contribution in [0.3, 0.4) is 0 Å². The molecule has 136 valence electrons. The number of nitrogens with zero attached hydrogens (tertiary/aromatic N) is 3. The van der Waals surface area contributed by atoms with Crippen LogP contribution in [-0.4, -0.2) is 43.2 Å². The Kier molecular flexibility index (Phi) is 6.12. The number of nitrogens with two attached hydrogens (primary N) is 1. The monoisotopic (exact) mass is 366 g/mol. The molecule has 10 heteroatoms. The van der Waals surface area contributed by atoms with Crippen LogP contribution in [0.4, 0.5) is 17.3 Å². The highest BCUT2D eigenvalue weighted by Gasteiger charge is 2.17. The highest BCUT2D eigenvalue weighted by molar-refractivity contribution is 7.89. The fourth-order valence-electron chi connectivity index (χ4n) is 2.16. The van der Waals surface area contributed by atoms with Crippen LogP contribution in [0.15, 0.2) is 35.5 Å². The summed E-state index contributed by atoms with van der Waals surface area (Å²) in [5, 5.41) is 9.11. The molecule has 25 heavy (non-hydrogen) atoms. The number of likely N-dealkylation sites (N-methyl/N-ethyl adjacent to an activating group) is 1. The minimum absolute atomic E-state index is 0.0555. The van der Waals surface area contributed by atoms with Crippen LogP contribution in [-0.2, 0) is 10.0 Å². The van der Waals surface area contributed by atoms with E-state index >= 15 is 0 Å². The van der Waals surface area contributed by atoms with Crippen LogP contribution in [0.2, 0.25) is 0 Å². The summed E-state index contributed by atoms with van der Waals surface area (Å²) in [4.78, 5) is 12.2. The van der Waals surface area contributed by atoms with Gasteiger partial charge in [0.25, 0.3) is 10.0 Å². The maximum atomic E-state index is 12.3. The Morgan fingerprint density at radius 1 is 1.24 bits per heavy atom. The second kappa shape index (κ2) is 8.10. The number of hydrazine groups is 1. The largest absolute Gasteiger partial charge is 0.395 e.